The molecule has 216 valence electrons. The summed E-state index contributed by atoms with van der Waals surface area (Å²) in [7, 11) is 0. The number of rotatable bonds is 9. The zero-order valence-corrected chi connectivity index (χ0v) is 21.8. The van der Waals surface area contributed by atoms with Gasteiger partial charge in [0, 0.05) is 22.3 Å². The van der Waals surface area contributed by atoms with Crippen LogP contribution in [0.2, 0.25) is 0 Å². The summed E-state index contributed by atoms with van der Waals surface area (Å²) >= 11 is 0. The van der Waals surface area contributed by atoms with Crippen molar-refractivity contribution in [1.82, 2.24) is 0 Å². The number of ketones is 2. The summed E-state index contributed by atoms with van der Waals surface area (Å²) in [6.07, 6.45) is 0. The molecule has 0 radical (unpaired) electrons. The highest BCUT2D eigenvalue weighted by atomic mass is 16.4. The Kier molecular flexibility index (Phi) is 9.61. The average molecular weight is 584 g/mol. The lowest BCUT2D eigenvalue weighted by molar-refractivity contribution is 0.0679. The van der Waals surface area contributed by atoms with Crippen LogP contribution in [-0.2, 0) is 0 Å². The molecule has 0 atom stereocenters. The van der Waals surface area contributed by atoms with Crippen molar-refractivity contribution in [3.8, 4) is 0 Å². The SMILES string of the molecule is O=C(O)c1ccc(C(=O)c2cc(C(=O)O)ccc2C(=O)O)cc1.O=C(O)c1ccc(C(=O)c2ccc(C(=O)O)cc2)cc1. The third-order valence-electron chi connectivity index (χ3n) is 5.92. The van der Waals surface area contributed by atoms with Crippen LogP contribution in [0.15, 0.2) is 91.0 Å². The fourth-order valence-electron chi connectivity index (χ4n) is 3.67. The summed E-state index contributed by atoms with van der Waals surface area (Å²) in [6.45, 7) is 0. The number of carboxylic acid groups (broad SMARTS) is 5. The van der Waals surface area contributed by atoms with Gasteiger partial charge in [0.1, 0.15) is 0 Å². The zero-order valence-electron chi connectivity index (χ0n) is 21.8. The van der Waals surface area contributed by atoms with Crippen molar-refractivity contribution in [2.75, 3.05) is 0 Å². The molecule has 0 unspecified atom stereocenters. The van der Waals surface area contributed by atoms with E-state index >= 15 is 0 Å². The largest absolute Gasteiger partial charge is 0.478 e. The third kappa shape index (κ3) is 7.61. The van der Waals surface area contributed by atoms with Gasteiger partial charge in [-0.05, 0) is 54.6 Å². The van der Waals surface area contributed by atoms with Crippen LogP contribution >= 0.6 is 0 Å². The molecular formula is C31H20O12. The first kappa shape index (κ1) is 31.1. The summed E-state index contributed by atoms with van der Waals surface area (Å²) in [4.78, 5) is 78.9. The molecular weight excluding hydrogens is 564 g/mol. The predicted octanol–water partition coefficient (Wildman–Crippen LogP) is 4.33. The van der Waals surface area contributed by atoms with E-state index in [2.05, 4.69) is 0 Å². The summed E-state index contributed by atoms with van der Waals surface area (Å²) in [5.74, 6) is -6.95. The first-order chi connectivity index (χ1) is 20.3. The summed E-state index contributed by atoms with van der Waals surface area (Å²) in [5.41, 5.74) is 0.0873. The zero-order chi connectivity index (χ0) is 31.8. The Morgan fingerprint density at radius 2 is 0.581 bits per heavy atom. The van der Waals surface area contributed by atoms with Gasteiger partial charge in [0.2, 0.25) is 0 Å². The molecule has 12 heteroatoms. The van der Waals surface area contributed by atoms with E-state index < -0.39 is 35.6 Å². The van der Waals surface area contributed by atoms with Crippen molar-refractivity contribution in [1.29, 1.82) is 0 Å². The smallest absolute Gasteiger partial charge is 0.336 e. The molecule has 0 bridgehead atoms. The van der Waals surface area contributed by atoms with Gasteiger partial charge in [0.05, 0.1) is 27.8 Å². The van der Waals surface area contributed by atoms with Gasteiger partial charge in [0.25, 0.3) is 0 Å². The molecule has 0 saturated heterocycles. The number of benzene rings is 4. The minimum atomic E-state index is -1.37. The minimum Gasteiger partial charge on any atom is -0.478 e. The standard InChI is InChI=1S/C16H10O7.C15H10O5/c17-13(8-1-3-9(4-2-8)14(18)19)12-7-10(15(20)21)5-6-11(12)16(22)23;16-13(9-1-5-11(6-2-9)14(17)18)10-3-7-12(8-4-10)15(19)20/h1-7H,(H,18,19)(H,20,21)(H,22,23);1-8H,(H,17,18)(H,19,20). The lowest BCUT2D eigenvalue weighted by Gasteiger charge is -2.07. The van der Waals surface area contributed by atoms with Crippen molar-refractivity contribution in [2.24, 2.45) is 0 Å². The van der Waals surface area contributed by atoms with E-state index in [1.807, 2.05) is 0 Å². The van der Waals surface area contributed by atoms with Crippen LogP contribution < -0.4 is 0 Å². The van der Waals surface area contributed by atoms with Crippen molar-refractivity contribution in [2.45, 2.75) is 0 Å². The van der Waals surface area contributed by atoms with E-state index in [4.69, 9.17) is 25.5 Å². The Balaban J connectivity index is 0.000000238. The molecule has 0 amide bonds. The second-order valence-electron chi connectivity index (χ2n) is 8.68. The van der Waals surface area contributed by atoms with E-state index in [0.29, 0.717) is 11.1 Å². The number of carbonyl (C=O) groups is 7. The Morgan fingerprint density at radius 1 is 0.302 bits per heavy atom. The average Bonchev–Trinajstić information content (AvgIpc) is 3.00. The van der Waals surface area contributed by atoms with Gasteiger partial charge in [0.15, 0.2) is 11.6 Å². The molecule has 0 aliphatic carbocycles. The topological polar surface area (TPSA) is 221 Å². The fraction of sp³-hybridized carbons (Fsp3) is 0. The van der Waals surface area contributed by atoms with Crippen LogP contribution in [0.25, 0.3) is 0 Å². The van der Waals surface area contributed by atoms with Crippen LogP contribution in [0.1, 0.15) is 83.6 Å². The lowest BCUT2D eigenvalue weighted by atomic mass is 9.95. The maximum Gasteiger partial charge on any atom is 0.336 e. The molecule has 0 aliphatic rings. The van der Waals surface area contributed by atoms with E-state index in [1.165, 1.54) is 72.8 Å². The normalized spacial score (nSPS) is 10.0. The van der Waals surface area contributed by atoms with Crippen molar-refractivity contribution < 1.29 is 59.1 Å². The first-order valence-electron chi connectivity index (χ1n) is 12.0. The second kappa shape index (κ2) is 13.3. The van der Waals surface area contributed by atoms with Gasteiger partial charge in [-0.25, -0.2) is 24.0 Å². The molecule has 0 aliphatic heterocycles. The number of carbonyl (C=O) groups excluding carboxylic acids is 2. The third-order valence-corrected chi connectivity index (χ3v) is 5.92. The van der Waals surface area contributed by atoms with E-state index in [9.17, 15) is 33.6 Å². The van der Waals surface area contributed by atoms with E-state index in [1.54, 1.807) is 0 Å². The van der Waals surface area contributed by atoms with Gasteiger partial charge < -0.3 is 25.5 Å². The molecule has 0 fully saturated rings. The summed E-state index contributed by atoms with van der Waals surface area (Å²) in [6, 6.07) is 19.1. The van der Waals surface area contributed by atoms with Gasteiger partial charge in [-0.2, -0.15) is 0 Å². The fourth-order valence-corrected chi connectivity index (χ4v) is 3.67. The molecule has 4 rings (SSSR count). The molecule has 12 nitrogen and oxygen atoms in total. The van der Waals surface area contributed by atoms with E-state index in [0.717, 1.165) is 18.2 Å². The highest BCUT2D eigenvalue weighted by Crippen LogP contribution is 2.18. The highest BCUT2D eigenvalue weighted by molar-refractivity contribution is 6.15. The van der Waals surface area contributed by atoms with Crippen molar-refractivity contribution in [3.05, 3.63) is 141 Å². The van der Waals surface area contributed by atoms with E-state index in [-0.39, 0.29) is 44.7 Å². The predicted molar refractivity (Wildman–Crippen MR) is 147 cm³/mol. The number of carboxylic acids is 5. The lowest BCUT2D eigenvalue weighted by Crippen LogP contribution is -2.12. The van der Waals surface area contributed by atoms with Crippen LogP contribution in [0, 0.1) is 0 Å². The molecule has 4 aromatic carbocycles. The Hall–Kier alpha value is -6.43. The van der Waals surface area contributed by atoms with Gasteiger partial charge >= 0.3 is 29.8 Å². The van der Waals surface area contributed by atoms with Gasteiger partial charge in [-0.3, -0.25) is 9.59 Å². The number of hydrogen-bond acceptors (Lipinski definition) is 7. The minimum absolute atomic E-state index is 0.0284. The maximum absolute atomic E-state index is 12.4. The van der Waals surface area contributed by atoms with Crippen LogP contribution in [0.5, 0.6) is 0 Å². The molecule has 5 N–H and O–H groups in total. The first-order valence-corrected chi connectivity index (χ1v) is 12.0. The van der Waals surface area contributed by atoms with Gasteiger partial charge in [-0.15, -0.1) is 0 Å². The molecule has 0 spiro atoms. The van der Waals surface area contributed by atoms with Crippen LogP contribution in [0.4, 0.5) is 0 Å². The van der Waals surface area contributed by atoms with Crippen LogP contribution in [0.3, 0.4) is 0 Å². The van der Waals surface area contributed by atoms with Crippen LogP contribution in [-0.4, -0.2) is 66.9 Å². The molecule has 0 saturated carbocycles. The maximum atomic E-state index is 12.4. The molecule has 43 heavy (non-hydrogen) atoms. The molecule has 4 aromatic rings. The molecule has 0 heterocycles. The second-order valence-corrected chi connectivity index (χ2v) is 8.68. The highest BCUT2D eigenvalue weighted by Gasteiger charge is 2.20. The monoisotopic (exact) mass is 584 g/mol. The number of hydrogen-bond donors (Lipinski definition) is 5. The Labute approximate surface area is 241 Å². The van der Waals surface area contributed by atoms with Crippen molar-refractivity contribution in [3.63, 3.8) is 0 Å². The van der Waals surface area contributed by atoms with Crippen molar-refractivity contribution >= 4 is 41.4 Å². The molecule has 0 aromatic heterocycles. The quantitative estimate of drug-likeness (QED) is 0.174. The summed E-state index contributed by atoms with van der Waals surface area (Å²) in [5, 5.41) is 44.5. The Bertz CT molecular complexity index is 1690. The number of aromatic carboxylic acids is 5. The summed E-state index contributed by atoms with van der Waals surface area (Å²) < 4.78 is 0. The Morgan fingerprint density at radius 3 is 0.884 bits per heavy atom. The van der Waals surface area contributed by atoms with Gasteiger partial charge in [-0.1, -0.05) is 36.4 Å².